The van der Waals surface area contributed by atoms with E-state index in [0.29, 0.717) is 11.0 Å². The molecular formula is C21H20ClFN4O2. The van der Waals surface area contributed by atoms with Crippen LogP contribution in [0.25, 0.3) is 10.9 Å². The van der Waals surface area contributed by atoms with E-state index < -0.39 is 17.3 Å². The zero-order chi connectivity index (χ0) is 20.5. The predicted octanol–water partition coefficient (Wildman–Crippen LogP) is 3.66. The van der Waals surface area contributed by atoms with E-state index in [0.717, 1.165) is 31.5 Å². The number of carbonyl (C=O) groups is 1. The fourth-order valence-corrected chi connectivity index (χ4v) is 3.61. The second-order valence-electron chi connectivity index (χ2n) is 7.16. The molecule has 2 heterocycles. The molecule has 1 N–H and O–H groups in total. The minimum Gasteiger partial charge on any atom is -0.341 e. The lowest BCUT2D eigenvalue weighted by molar-refractivity contribution is -0.118. The molecule has 150 valence electrons. The average molecular weight is 415 g/mol. The van der Waals surface area contributed by atoms with Crippen molar-refractivity contribution < 1.29 is 9.18 Å². The van der Waals surface area contributed by atoms with Crippen LogP contribution >= 0.6 is 11.6 Å². The van der Waals surface area contributed by atoms with E-state index in [1.807, 2.05) is 4.90 Å². The molecule has 1 aromatic heterocycles. The summed E-state index contributed by atoms with van der Waals surface area (Å²) in [6.07, 6.45) is 1.93. The number of hydrogen-bond acceptors (Lipinski definition) is 4. The van der Waals surface area contributed by atoms with Gasteiger partial charge in [-0.3, -0.25) is 15.0 Å². The van der Waals surface area contributed by atoms with Crippen molar-refractivity contribution in [1.29, 1.82) is 0 Å². The van der Waals surface area contributed by atoms with Gasteiger partial charge < -0.3 is 4.90 Å². The Bertz CT molecular complexity index is 1120. The van der Waals surface area contributed by atoms with Crippen molar-refractivity contribution in [3.8, 4) is 0 Å². The molecule has 1 saturated heterocycles. The summed E-state index contributed by atoms with van der Waals surface area (Å²) in [6.45, 7) is 3.19. The first-order valence-electron chi connectivity index (χ1n) is 9.47. The average Bonchev–Trinajstić information content (AvgIpc) is 3.24. The van der Waals surface area contributed by atoms with Crippen molar-refractivity contribution >= 4 is 34.4 Å². The van der Waals surface area contributed by atoms with Crippen LogP contribution in [0.5, 0.6) is 0 Å². The molecule has 0 bridgehead atoms. The van der Waals surface area contributed by atoms with Gasteiger partial charge in [0.2, 0.25) is 11.9 Å². The number of fused-ring (bicyclic) bond motifs is 1. The van der Waals surface area contributed by atoms with E-state index in [1.54, 1.807) is 31.2 Å². The number of halogens is 2. The SMILES string of the molecule is CC(C(=O)Nn1c(N2CCCC2)nc2cc(F)ccc2c1=O)c1ccc(Cl)cc1. The number of benzene rings is 2. The third kappa shape index (κ3) is 3.82. The standard InChI is InChI=1S/C21H20ClFN4O2/c1-13(14-4-6-15(22)7-5-14)19(28)25-27-20(29)17-9-8-16(23)12-18(17)24-21(27)26-10-2-3-11-26/h4-9,12-13H,2-3,10-11H2,1H3,(H,25,28). The summed E-state index contributed by atoms with van der Waals surface area (Å²) in [4.78, 5) is 32.4. The molecule has 1 atom stereocenters. The smallest absolute Gasteiger partial charge is 0.281 e. The molecular weight excluding hydrogens is 395 g/mol. The van der Waals surface area contributed by atoms with Crippen LogP contribution in [0.4, 0.5) is 10.3 Å². The van der Waals surface area contributed by atoms with Crippen molar-refractivity contribution in [3.05, 3.63) is 69.2 Å². The number of nitrogens with zero attached hydrogens (tertiary/aromatic N) is 3. The maximum Gasteiger partial charge on any atom is 0.281 e. The molecule has 0 spiro atoms. The number of hydrogen-bond donors (Lipinski definition) is 1. The van der Waals surface area contributed by atoms with Crippen LogP contribution in [-0.4, -0.2) is 28.7 Å². The molecule has 3 aromatic rings. The first-order chi connectivity index (χ1) is 13.9. The normalized spacial score (nSPS) is 14.9. The summed E-state index contributed by atoms with van der Waals surface area (Å²) in [5.41, 5.74) is 3.32. The molecule has 29 heavy (non-hydrogen) atoms. The summed E-state index contributed by atoms with van der Waals surface area (Å²) in [6, 6.07) is 10.8. The first kappa shape index (κ1) is 19.4. The van der Waals surface area contributed by atoms with Crippen LogP contribution in [0.3, 0.4) is 0 Å². The molecule has 1 unspecified atom stereocenters. The maximum absolute atomic E-state index is 13.7. The third-order valence-corrected chi connectivity index (χ3v) is 5.44. The predicted molar refractivity (Wildman–Crippen MR) is 112 cm³/mol. The first-order valence-corrected chi connectivity index (χ1v) is 9.85. The fraction of sp³-hybridized carbons (Fsp3) is 0.286. The van der Waals surface area contributed by atoms with E-state index in [2.05, 4.69) is 10.4 Å². The Morgan fingerprint density at radius 2 is 1.86 bits per heavy atom. The fourth-order valence-electron chi connectivity index (χ4n) is 3.49. The second-order valence-corrected chi connectivity index (χ2v) is 7.59. The van der Waals surface area contributed by atoms with E-state index in [4.69, 9.17) is 11.6 Å². The van der Waals surface area contributed by atoms with Crippen LogP contribution < -0.4 is 15.9 Å². The van der Waals surface area contributed by atoms with Crippen LogP contribution in [0.15, 0.2) is 47.3 Å². The molecule has 8 heteroatoms. The monoisotopic (exact) mass is 414 g/mol. The highest BCUT2D eigenvalue weighted by molar-refractivity contribution is 6.30. The zero-order valence-electron chi connectivity index (χ0n) is 15.9. The largest absolute Gasteiger partial charge is 0.341 e. The molecule has 4 rings (SSSR count). The molecule has 1 amide bonds. The summed E-state index contributed by atoms with van der Waals surface area (Å²) < 4.78 is 14.8. The highest BCUT2D eigenvalue weighted by Crippen LogP contribution is 2.22. The molecule has 1 aliphatic heterocycles. The van der Waals surface area contributed by atoms with Gasteiger partial charge in [-0.25, -0.2) is 9.37 Å². The van der Waals surface area contributed by atoms with Gasteiger partial charge in [0.05, 0.1) is 16.8 Å². The van der Waals surface area contributed by atoms with Crippen LogP contribution in [0, 0.1) is 5.82 Å². The lowest BCUT2D eigenvalue weighted by Gasteiger charge is -2.23. The van der Waals surface area contributed by atoms with Crippen LogP contribution in [0.2, 0.25) is 5.02 Å². The molecule has 6 nitrogen and oxygen atoms in total. The summed E-state index contributed by atoms with van der Waals surface area (Å²) in [5.74, 6) is -0.996. The maximum atomic E-state index is 13.7. The van der Waals surface area contributed by atoms with Gasteiger partial charge >= 0.3 is 0 Å². The van der Waals surface area contributed by atoms with Gasteiger partial charge in [0.15, 0.2) is 0 Å². The summed E-state index contributed by atoms with van der Waals surface area (Å²) in [5, 5.41) is 0.827. The van der Waals surface area contributed by atoms with Crippen molar-refractivity contribution in [3.63, 3.8) is 0 Å². The minimum absolute atomic E-state index is 0.244. The van der Waals surface area contributed by atoms with Crippen LogP contribution in [0.1, 0.15) is 31.2 Å². The van der Waals surface area contributed by atoms with E-state index >= 15 is 0 Å². The van der Waals surface area contributed by atoms with Crippen molar-refractivity contribution in [2.75, 3.05) is 23.4 Å². The van der Waals surface area contributed by atoms with Crippen molar-refractivity contribution in [2.45, 2.75) is 25.7 Å². The van der Waals surface area contributed by atoms with Gasteiger partial charge in [0.1, 0.15) is 5.82 Å². The molecule has 1 aliphatic rings. The lowest BCUT2D eigenvalue weighted by Crippen LogP contribution is -2.40. The zero-order valence-corrected chi connectivity index (χ0v) is 16.6. The van der Waals surface area contributed by atoms with Gasteiger partial charge in [-0.1, -0.05) is 23.7 Å². The van der Waals surface area contributed by atoms with Gasteiger partial charge in [0.25, 0.3) is 5.56 Å². The number of amides is 1. The molecule has 1 fully saturated rings. The Hall–Kier alpha value is -2.93. The number of rotatable bonds is 4. The lowest BCUT2D eigenvalue weighted by atomic mass is 10.0. The summed E-state index contributed by atoms with van der Waals surface area (Å²) >= 11 is 5.92. The van der Waals surface area contributed by atoms with Gasteiger partial charge in [-0.05, 0) is 49.6 Å². The van der Waals surface area contributed by atoms with Gasteiger partial charge in [-0.15, -0.1) is 0 Å². The Balaban J connectivity index is 1.75. The Morgan fingerprint density at radius 1 is 1.17 bits per heavy atom. The second kappa shape index (κ2) is 7.83. The number of carbonyl (C=O) groups excluding carboxylic acids is 1. The van der Waals surface area contributed by atoms with Crippen molar-refractivity contribution in [1.82, 2.24) is 9.66 Å². The Labute approximate surface area is 171 Å². The molecule has 0 aliphatic carbocycles. The van der Waals surface area contributed by atoms with Gasteiger partial charge in [-0.2, -0.15) is 4.68 Å². The molecule has 0 radical (unpaired) electrons. The minimum atomic E-state index is -0.505. The number of aromatic nitrogens is 2. The Morgan fingerprint density at radius 3 is 2.55 bits per heavy atom. The highest BCUT2D eigenvalue weighted by Gasteiger charge is 2.23. The topological polar surface area (TPSA) is 67.2 Å². The highest BCUT2D eigenvalue weighted by atomic mass is 35.5. The third-order valence-electron chi connectivity index (χ3n) is 5.19. The Kier molecular flexibility index (Phi) is 5.24. The van der Waals surface area contributed by atoms with E-state index in [-0.39, 0.29) is 16.8 Å². The van der Waals surface area contributed by atoms with E-state index in [1.165, 1.54) is 22.9 Å². The molecule has 2 aromatic carbocycles. The van der Waals surface area contributed by atoms with E-state index in [9.17, 15) is 14.0 Å². The van der Waals surface area contributed by atoms with Gasteiger partial charge in [0, 0.05) is 24.2 Å². The quantitative estimate of drug-likeness (QED) is 0.707. The van der Waals surface area contributed by atoms with Crippen molar-refractivity contribution in [2.24, 2.45) is 0 Å². The number of nitrogens with one attached hydrogen (secondary N) is 1. The summed E-state index contributed by atoms with van der Waals surface area (Å²) in [7, 11) is 0. The number of anilines is 1. The van der Waals surface area contributed by atoms with Crippen LogP contribution in [-0.2, 0) is 4.79 Å². The molecule has 0 saturated carbocycles.